The van der Waals surface area contributed by atoms with Gasteiger partial charge in [-0.2, -0.15) is 0 Å². The highest BCUT2D eigenvalue weighted by Crippen LogP contribution is 2.28. The van der Waals surface area contributed by atoms with Crippen molar-refractivity contribution in [3.8, 4) is 5.75 Å². The first-order chi connectivity index (χ1) is 7.19. The lowest BCUT2D eigenvalue weighted by molar-refractivity contribution is -0.384. The summed E-state index contributed by atoms with van der Waals surface area (Å²) in [6, 6.07) is 4.49. The molecule has 0 saturated heterocycles. The number of rotatable bonds is 5. The number of hydrogen-bond donors (Lipinski definition) is 2. The van der Waals surface area contributed by atoms with Gasteiger partial charge in [0, 0.05) is 7.05 Å². The lowest BCUT2D eigenvalue weighted by Gasteiger charge is -2.06. The number of nitro groups is 1. The second-order valence-electron chi connectivity index (χ2n) is 2.76. The predicted molar refractivity (Wildman–Crippen MR) is 55.2 cm³/mol. The Balaban J connectivity index is 2.94. The fourth-order valence-corrected chi connectivity index (χ4v) is 1.13. The third-order valence-electron chi connectivity index (χ3n) is 1.80. The molecule has 0 fully saturated rings. The maximum Gasteiger partial charge on any atom is 0.296 e. The Labute approximate surface area is 86.6 Å². The van der Waals surface area contributed by atoms with E-state index in [4.69, 9.17) is 9.84 Å². The van der Waals surface area contributed by atoms with Gasteiger partial charge >= 0.3 is 0 Å². The van der Waals surface area contributed by atoms with Gasteiger partial charge in [0.1, 0.15) is 18.0 Å². The molecule has 1 rings (SSSR count). The highest BCUT2D eigenvalue weighted by Gasteiger charge is 2.13. The van der Waals surface area contributed by atoms with Gasteiger partial charge in [-0.25, -0.2) is 0 Å². The van der Waals surface area contributed by atoms with E-state index in [1.54, 1.807) is 19.2 Å². The van der Waals surface area contributed by atoms with Crippen LogP contribution < -0.4 is 10.1 Å². The Bertz CT molecular complexity index is 354. The zero-order valence-electron chi connectivity index (χ0n) is 8.27. The van der Waals surface area contributed by atoms with Crippen molar-refractivity contribution in [3.63, 3.8) is 0 Å². The molecule has 0 aliphatic carbocycles. The first-order valence-electron chi connectivity index (χ1n) is 4.39. The third kappa shape index (κ3) is 2.81. The number of ether oxygens (including phenoxy) is 1. The van der Waals surface area contributed by atoms with Crippen LogP contribution in [0.5, 0.6) is 5.75 Å². The molecule has 1 aromatic carbocycles. The maximum atomic E-state index is 10.7. The Hall–Kier alpha value is -1.82. The van der Waals surface area contributed by atoms with E-state index >= 15 is 0 Å². The number of anilines is 1. The van der Waals surface area contributed by atoms with E-state index in [-0.39, 0.29) is 18.9 Å². The first kappa shape index (κ1) is 11.3. The van der Waals surface area contributed by atoms with Crippen molar-refractivity contribution in [2.75, 3.05) is 25.6 Å². The topological polar surface area (TPSA) is 84.6 Å². The summed E-state index contributed by atoms with van der Waals surface area (Å²) < 4.78 is 5.06. The monoisotopic (exact) mass is 212 g/mol. The predicted octanol–water partition coefficient (Wildman–Crippen LogP) is 1.01. The highest BCUT2D eigenvalue weighted by atomic mass is 16.6. The van der Waals surface area contributed by atoms with Gasteiger partial charge < -0.3 is 15.2 Å². The van der Waals surface area contributed by atoms with Crippen LogP contribution in [0.25, 0.3) is 0 Å². The van der Waals surface area contributed by atoms with Crippen molar-refractivity contribution < 1.29 is 14.8 Å². The van der Waals surface area contributed by atoms with Gasteiger partial charge in [0.15, 0.2) is 0 Å². The van der Waals surface area contributed by atoms with E-state index in [1.807, 2.05) is 0 Å². The molecule has 2 N–H and O–H groups in total. The van der Waals surface area contributed by atoms with E-state index in [0.717, 1.165) is 0 Å². The van der Waals surface area contributed by atoms with E-state index in [0.29, 0.717) is 11.4 Å². The zero-order valence-corrected chi connectivity index (χ0v) is 8.27. The second kappa shape index (κ2) is 5.16. The SMILES string of the molecule is CNc1ccc(OCCO)cc1[N+](=O)[O-]. The summed E-state index contributed by atoms with van der Waals surface area (Å²) in [6.07, 6.45) is 0. The van der Waals surface area contributed by atoms with Gasteiger partial charge in [-0.15, -0.1) is 0 Å². The number of hydrogen-bond acceptors (Lipinski definition) is 5. The summed E-state index contributed by atoms with van der Waals surface area (Å²) >= 11 is 0. The summed E-state index contributed by atoms with van der Waals surface area (Å²) in [5, 5.41) is 21.9. The van der Waals surface area contributed by atoms with Gasteiger partial charge in [0.25, 0.3) is 5.69 Å². The number of benzene rings is 1. The lowest BCUT2D eigenvalue weighted by atomic mass is 10.2. The molecule has 0 atom stereocenters. The van der Waals surface area contributed by atoms with Crippen LogP contribution in [0.4, 0.5) is 11.4 Å². The van der Waals surface area contributed by atoms with E-state index in [1.165, 1.54) is 6.07 Å². The van der Waals surface area contributed by atoms with E-state index in [2.05, 4.69) is 5.32 Å². The van der Waals surface area contributed by atoms with E-state index < -0.39 is 4.92 Å². The fourth-order valence-electron chi connectivity index (χ4n) is 1.13. The molecular weight excluding hydrogens is 200 g/mol. The molecule has 82 valence electrons. The molecule has 0 amide bonds. The van der Waals surface area contributed by atoms with Crippen molar-refractivity contribution in [2.45, 2.75) is 0 Å². The third-order valence-corrected chi connectivity index (χ3v) is 1.80. The summed E-state index contributed by atoms with van der Waals surface area (Å²) in [5.41, 5.74) is 0.379. The maximum absolute atomic E-state index is 10.7. The van der Waals surface area contributed by atoms with Crippen LogP contribution in [0.15, 0.2) is 18.2 Å². The quantitative estimate of drug-likeness (QED) is 0.562. The number of aliphatic hydroxyl groups excluding tert-OH is 1. The van der Waals surface area contributed by atoms with Gasteiger partial charge in [0.2, 0.25) is 0 Å². The molecule has 0 saturated carbocycles. The molecule has 15 heavy (non-hydrogen) atoms. The molecule has 6 nitrogen and oxygen atoms in total. The Morgan fingerprint density at radius 2 is 2.33 bits per heavy atom. The molecule has 0 unspecified atom stereocenters. The minimum Gasteiger partial charge on any atom is -0.491 e. The standard InChI is InChI=1S/C9H12N2O4/c1-10-8-3-2-7(15-5-4-12)6-9(8)11(13)14/h2-3,6,10,12H,4-5H2,1H3. The van der Waals surface area contributed by atoms with Crippen molar-refractivity contribution >= 4 is 11.4 Å². The fraction of sp³-hybridized carbons (Fsp3) is 0.333. The van der Waals surface area contributed by atoms with Crippen LogP contribution in [-0.2, 0) is 0 Å². The molecule has 0 spiro atoms. The van der Waals surface area contributed by atoms with Crippen molar-refractivity contribution in [3.05, 3.63) is 28.3 Å². The molecule has 0 aliphatic heterocycles. The number of aliphatic hydroxyl groups is 1. The van der Waals surface area contributed by atoms with Gasteiger partial charge in [0.05, 0.1) is 17.6 Å². The zero-order chi connectivity index (χ0) is 11.3. The minimum atomic E-state index is -0.488. The molecule has 1 aromatic rings. The highest BCUT2D eigenvalue weighted by molar-refractivity contribution is 5.63. The molecule has 0 bridgehead atoms. The normalized spacial score (nSPS) is 9.73. The van der Waals surface area contributed by atoms with Crippen LogP contribution >= 0.6 is 0 Å². The number of nitrogens with zero attached hydrogens (tertiary/aromatic N) is 1. The molecule has 0 radical (unpaired) electrons. The van der Waals surface area contributed by atoms with Crippen molar-refractivity contribution in [2.24, 2.45) is 0 Å². The molecule has 6 heteroatoms. The van der Waals surface area contributed by atoms with Gasteiger partial charge in [-0.05, 0) is 12.1 Å². The van der Waals surface area contributed by atoms with Crippen molar-refractivity contribution in [1.82, 2.24) is 0 Å². The van der Waals surface area contributed by atoms with Crippen molar-refractivity contribution in [1.29, 1.82) is 0 Å². The molecular formula is C9H12N2O4. The average Bonchev–Trinajstić information content (AvgIpc) is 2.25. The lowest BCUT2D eigenvalue weighted by Crippen LogP contribution is -2.03. The van der Waals surface area contributed by atoms with Crippen LogP contribution in [0.2, 0.25) is 0 Å². The minimum absolute atomic E-state index is 0.0482. The van der Waals surface area contributed by atoms with Crippen LogP contribution in [0.3, 0.4) is 0 Å². The Morgan fingerprint density at radius 1 is 1.60 bits per heavy atom. The van der Waals surface area contributed by atoms with Gasteiger partial charge in [-0.1, -0.05) is 0 Å². The summed E-state index contributed by atoms with van der Waals surface area (Å²) in [5.74, 6) is 0.370. The Kier molecular flexibility index (Phi) is 3.87. The molecule has 0 aromatic heterocycles. The Morgan fingerprint density at radius 3 is 2.87 bits per heavy atom. The number of nitrogens with one attached hydrogen (secondary N) is 1. The first-order valence-corrected chi connectivity index (χ1v) is 4.39. The largest absolute Gasteiger partial charge is 0.491 e. The van der Waals surface area contributed by atoms with E-state index in [9.17, 15) is 10.1 Å². The second-order valence-corrected chi connectivity index (χ2v) is 2.76. The molecule has 0 aliphatic rings. The van der Waals surface area contributed by atoms with Crippen LogP contribution in [0.1, 0.15) is 0 Å². The summed E-state index contributed by atoms with van der Waals surface area (Å²) in [6.45, 7) is -0.00235. The number of nitro benzene ring substituents is 1. The van der Waals surface area contributed by atoms with Crippen LogP contribution in [-0.4, -0.2) is 30.3 Å². The average molecular weight is 212 g/mol. The van der Waals surface area contributed by atoms with Crippen LogP contribution in [0, 0.1) is 10.1 Å². The van der Waals surface area contributed by atoms with Gasteiger partial charge in [-0.3, -0.25) is 10.1 Å². The molecule has 0 heterocycles. The summed E-state index contributed by atoms with van der Waals surface area (Å²) in [7, 11) is 1.61. The smallest absolute Gasteiger partial charge is 0.296 e. The summed E-state index contributed by atoms with van der Waals surface area (Å²) in [4.78, 5) is 10.2.